The van der Waals surface area contributed by atoms with E-state index in [2.05, 4.69) is 11.9 Å². The van der Waals surface area contributed by atoms with Crippen molar-refractivity contribution in [3.8, 4) is 0 Å². The van der Waals surface area contributed by atoms with Gasteiger partial charge in [-0.15, -0.1) is 6.58 Å². The lowest BCUT2D eigenvalue weighted by Gasteiger charge is -2.19. The average molecular weight is 303 g/mol. The molecule has 0 aliphatic carbocycles. The average Bonchev–Trinajstić information content (AvgIpc) is 2.42. The minimum absolute atomic E-state index is 0.0211. The van der Waals surface area contributed by atoms with Crippen molar-refractivity contribution in [2.24, 2.45) is 0 Å². The summed E-state index contributed by atoms with van der Waals surface area (Å²) in [7, 11) is 0. The van der Waals surface area contributed by atoms with E-state index in [4.69, 9.17) is 4.74 Å². The summed E-state index contributed by atoms with van der Waals surface area (Å²) >= 11 is 0. The molecule has 1 atom stereocenters. The summed E-state index contributed by atoms with van der Waals surface area (Å²) in [6.07, 6.45) is 1.69. The normalized spacial score (nSPS) is 11.8. The molecule has 0 aliphatic rings. The lowest BCUT2D eigenvalue weighted by Crippen LogP contribution is -2.39. The maximum Gasteiger partial charge on any atom is 0.307 e. The van der Waals surface area contributed by atoms with Gasteiger partial charge in [0.15, 0.2) is 5.78 Å². The molecule has 0 spiro atoms. The standard InChI is InChI=1S/C18H25NO3/c1-6-8-19-15(11-16(20)22-7-2)18(21)17-13(4)9-12(3)10-14(17)5/h6,9-10,15,19H,1,7-8,11H2,2-5H3. The molecule has 0 radical (unpaired) electrons. The number of Topliss-reactive ketones (excluding diaryl/α,β-unsaturated/α-hetero) is 1. The van der Waals surface area contributed by atoms with Crippen molar-refractivity contribution in [3.05, 3.63) is 47.0 Å². The van der Waals surface area contributed by atoms with Crippen LogP contribution in [0.2, 0.25) is 0 Å². The summed E-state index contributed by atoms with van der Waals surface area (Å²) in [6, 6.07) is 3.36. The molecule has 1 rings (SSSR count). The van der Waals surface area contributed by atoms with Crippen LogP contribution in [0.1, 0.15) is 40.4 Å². The van der Waals surface area contributed by atoms with Gasteiger partial charge in [-0.2, -0.15) is 0 Å². The first kappa shape index (κ1) is 18.1. The minimum atomic E-state index is -0.600. The van der Waals surface area contributed by atoms with Gasteiger partial charge >= 0.3 is 5.97 Å². The van der Waals surface area contributed by atoms with Gasteiger partial charge in [0.1, 0.15) is 0 Å². The molecule has 0 aliphatic heterocycles. The van der Waals surface area contributed by atoms with Crippen molar-refractivity contribution in [1.29, 1.82) is 0 Å². The van der Waals surface area contributed by atoms with Gasteiger partial charge in [0.2, 0.25) is 0 Å². The second kappa shape index (κ2) is 8.49. The molecule has 0 aromatic heterocycles. The van der Waals surface area contributed by atoms with E-state index in [1.54, 1.807) is 13.0 Å². The zero-order valence-corrected chi connectivity index (χ0v) is 13.9. The number of nitrogens with one attached hydrogen (secondary N) is 1. The molecular weight excluding hydrogens is 278 g/mol. The second-order valence-corrected chi connectivity index (χ2v) is 5.40. The lowest BCUT2D eigenvalue weighted by atomic mass is 9.92. The summed E-state index contributed by atoms with van der Waals surface area (Å²) in [5.74, 6) is -0.454. The number of esters is 1. The van der Waals surface area contributed by atoms with E-state index < -0.39 is 6.04 Å². The van der Waals surface area contributed by atoms with E-state index in [9.17, 15) is 9.59 Å². The zero-order chi connectivity index (χ0) is 16.7. The summed E-state index contributed by atoms with van der Waals surface area (Å²) in [5.41, 5.74) is 3.65. The number of hydrogen-bond donors (Lipinski definition) is 1. The molecule has 0 amide bonds. The monoisotopic (exact) mass is 303 g/mol. The van der Waals surface area contributed by atoms with E-state index in [0.717, 1.165) is 16.7 Å². The highest BCUT2D eigenvalue weighted by Gasteiger charge is 2.25. The Kier molecular flexibility index (Phi) is 6.99. The van der Waals surface area contributed by atoms with Crippen LogP contribution >= 0.6 is 0 Å². The van der Waals surface area contributed by atoms with Crippen LogP contribution in [0.15, 0.2) is 24.8 Å². The van der Waals surface area contributed by atoms with Crippen LogP contribution in [0.4, 0.5) is 0 Å². The molecule has 1 unspecified atom stereocenters. The van der Waals surface area contributed by atoms with Gasteiger partial charge in [0.05, 0.1) is 19.1 Å². The summed E-state index contributed by atoms with van der Waals surface area (Å²) in [6.45, 7) is 12.0. The maximum atomic E-state index is 12.8. The molecule has 1 aromatic rings. The molecule has 0 saturated heterocycles. The molecule has 0 bridgehead atoms. The van der Waals surface area contributed by atoms with Gasteiger partial charge in [-0.25, -0.2) is 0 Å². The van der Waals surface area contributed by atoms with Crippen LogP contribution in [-0.4, -0.2) is 30.9 Å². The second-order valence-electron chi connectivity index (χ2n) is 5.40. The third-order valence-electron chi connectivity index (χ3n) is 3.42. The highest BCUT2D eigenvalue weighted by Crippen LogP contribution is 2.19. The Hall–Kier alpha value is -1.94. The van der Waals surface area contributed by atoms with Crippen LogP contribution in [0.3, 0.4) is 0 Å². The molecule has 4 heteroatoms. The molecule has 1 aromatic carbocycles. The summed E-state index contributed by atoms with van der Waals surface area (Å²) in [4.78, 5) is 24.6. The van der Waals surface area contributed by atoms with Gasteiger partial charge in [-0.3, -0.25) is 9.59 Å². The fraction of sp³-hybridized carbons (Fsp3) is 0.444. The molecule has 120 valence electrons. The predicted octanol–water partition coefficient (Wildman–Crippen LogP) is 2.89. The summed E-state index contributed by atoms with van der Waals surface area (Å²) < 4.78 is 4.96. The number of hydrogen-bond acceptors (Lipinski definition) is 4. The van der Waals surface area contributed by atoms with Crippen LogP contribution in [0.25, 0.3) is 0 Å². The van der Waals surface area contributed by atoms with Gasteiger partial charge in [0.25, 0.3) is 0 Å². The number of aryl methyl sites for hydroxylation is 3. The fourth-order valence-corrected chi connectivity index (χ4v) is 2.61. The van der Waals surface area contributed by atoms with Crippen LogP contribution < -0.4 is 5.32 Å². The van der Waals surface area contributed by atoms with Gasteiger partial charge < -0.3 is 10.1 Å². The summed E-state index contributed by atoms with van der Waals surface area (Å²) in [5, 5.41) is 3.06. The first-order valence-corrected chi connectivity index (χ1v) is 7.52. The van der Waals surface area contributed by atoms with Crippen molar-refractivity contribution in [1.82, 2.24) is 5.32 Å². The minimum Gasteiger partial charge on any atom is -0.466 e. The van der Waals surface area contributed by atoms with E-state index >= 15 is 0 Å². The van der Waals surface area contributed by atoms with Crippen LogP contribution in [0.5, 0.6) is 0 Å². The lowest BCUT2D eigenvalue weighted by molar-refractivity contribution is -0.143. The predicted molar refractivity (Wildman–Crippen MR) is 88.2 cm³/mol. The molecular formula is C18H25NO3. The Balaban J connectivity index is 3.05. The van der Waals surface area contributed by atoms with E-state index in [1.807, 2.05) is 32.9 Å². The Morgan fingerprint density at radius 3 is 2.36 bits per heavy atom. The van der Waals surface area contributed by atoms with Crippen LogP contribution in [-0.2, 0) is 9.53 Å². The third-order valence-corrected chi connectivity index (χ3v) is 3.42. The topological polar surface area (TPSA) is 55.4 Å². The van der Waals surface area contributed by atoms with Gasteiger partial charge in [0, 0.05) is 12.1 Å². The fourth-order valence-electron chi connectivity index (χ4n) is 2.61. The highest BCUT2D eigenvalue weighted by atomic mass is 16.5. The SMILES string of the molecule is C=CCNC(CC(=O)OCC)C(=O)c1c(C)cc(C)cc1C. The van der Waals surface area contributed by atoms with E-state index in [-0.39, 0.29) is 18.2 Å². The van der Waals surface area contributed by atoms with Crippen molar-refractivity contribution < 1.29 is 14.3 Å². The maximum absolute atomic E-state index is 12.8. The molecule has 1 N–H and O–H groups in total. The first-order valence-electron chi connectivity index (χ1n) is 7.52. The Morgan fingerprint density at radius 1 is 1.27 bits per heavy atom. The Morgan fingerprint density at radius 2 is 1.86 bits per heavy atom. The molecule has 0 fully saturated rings. The number of carbonyl (C=O) groups is 2. The van der Waals surface area contributed by atoms with Crippen molar-refractivity contribution >= 4 is 11.8 Å². The number of rotatable bonds is 8. The zero-order valence-electron chi connectivity index (χ0n) is 13.9. The van der Waals surface area contributed by atoms with Crippen molar-refractivity contribution in [3.63, 3.8) is 0 Å². The van der Waals surface area contributed by atoms with E-state index in [0.29, 0.717) is 18.7 Å². The van der Waals surface area contributed by atoms with Crippen molar-refractivity contribution in [2.75, 3.05) is 13.2 Å². The molecule has 0 saturated carbocycles. The van der Waals surface area contributed by atoms with E-state index in [1.165, 1.54) is 0 Å². The van der Waals surface area contributed by atoms with Crippen LogP contribution in [0, 0.1) is 20.8 Å². The Labute approximate surface area is 132 Å². The number of benzene rings is 1. The molecule has 22 heavy (non-hydrogen) atoms. The number of carbonyl (C=O) groups excluding carboxylic acids is 2. The highest BCUT2D eigenvalue weighted by molar-refractivity contribution is 6.04. The molecule has 4 nitrogen and oxygen atoms in total. The molecule has 0 heterocycles. The van der Waals surface area contributed by atoms with Gasteiger partial charge in [-0.1, -0.05) is 23.8 Å². The number of ketones is 1. The first-order chi connectivity index (χ1) is 10.4. The largest absolute Gasteiger partial charge is 0.466 e. The Bertz CT molecular complexity index is 540. The van der Waals surface area contributed by atoms with Gasteiger partial charge in [-0.05, 0) is 38.8 Å². The van der Waals surface area contributed by atoms with Crippen molar-refractivity contribution in [2.45, 2.75) is 40.2 Å². The third kappa shape index (κ3) is 4.81. The quantitative estimate of drug-likeness (QED) is 0.456. The smallest absolute Gasteiger partial charge is 0.307 e. The number of ether oxygens (including phenoxy) is 1.